The van der Waals surface area contributed by atoms with E-state index in [2.05, 4.69) is 0 Å². The second kappa shape index (κ2) is 9.22. The van der Waals surface area contributed by atoms with Gasteiger partial charge in [-0.15, -0.1) is 12.4 Å². The van der Waals surface area contributed by atoms with Crippen molar-refractivity contribution < 1.29 is 4.79 Å². The molecule has 2 aromatic carbocycles. The zero-order valence-electron chi connectivity index (χ0n) is 15.2. The molecule has 0 atom stereocenters. The largest absolute Gasteiger partial charge is 0.308 e. The van der Waals surface area contributed by atoms with Crippen molar-refractivity contribution >= 4 is 68.2 Å². The maximum Gasteiger partial charge on any atom is 0.261 e. The highest BCUT2D eigenvalue weighted by molar-refractivity contribution is 7.22. The summed E-state index contributed by atoms with van der Waals surface area (Å²) in [6, 6.07) is 10.9. The topological polar surface area (TPSA) is 36.4 Å². The number of aromatic nitrogens is 1. The van der Waals surface area contributed by atoms with Crippen LogP contribution in [-0.2, 0) is 0 Å². The van der Waals surface area contributed by atoms with Gasteiger partial charge in [-0.05, 0) is 50.8 Å². The Hall–Kier alpha value is -1.37. The number of likely N-dealkylation sites (N-methyl/N-ethyl adjacent to an activating group) is 1. The van der Waals surface area contributed by atoms with Gasteiger partial charge in [-0.1, -0.05) is 46.7 Å². The molecule has 1 aromatic heterocycles. The van der Waals surface area contributed by atoms with E-state index < -0.39 is 0 Å². The van der Waals surface area contributed by atoms with Crippen LogP contribution in [0.2, 0.25) is 10.0 Å². The van der Waals surface area contributed by atoms with Crippen molar-refractivity contribution in [2.75, 3.05) is 32.1 Å². The van der Waals surface area contributed by atoms with Crippen LogP contribution in [0.4, 0.5) is 5.13 Å². The Morgan fingerprint density at radius 2 is 1.85 bits per heavy atom. The van der Waals surface area contributed by atoms with E-state index in [1.54, 1.807) is 17.0 Å². The second-order valence-corrected chi connectivity index (χ2v) is 8.16. The van der Waals surface area contributed by atoms with Crippen molar-refractivity contribution in [2.45, 2.75) is 6.92 Å². The van der Waals surface area contributed by atoms with Gasteiger partial charge in [-0.3, -0.25) is 9.69 Å². The molecule has 3 rings (SSSR count). The van der Waals surface area contributed by atoms with E-state index in [9.17, 15) is 4.79 Å². The number of thiazole rings is 1. The minimum Gasteiger partial charge on any atom is -0.308 e. The van der Waals surface area contributed by atoms with Gasteiger partial charge in [0.05, 0.1) is 20.8 Å². The van der Waals surface area contributed by atoms with Crippen LogP contribution in [0.15, 0.2) is 36.4 Å². The van der Waals surface area contributed by atoms with Gasteiger partial charge in [-0.2, -0.15) is 0 Å². The Morgan fingerprint density at radius 3 is 2.52 bits per heavy atom. The van der Waals surface area contributed by atoms with Gasteiger partial charge in [0, 0.05) is 18.1 Å². The van der Waals surface area contributed by atoms with Gasteiger partial charge in [0.2, 0.25) is 0 Å². The highest BCUT2D eigenvalue weighted by Gasteiger charge is 2.23. The average Bonchev–Trinajstić information content (AvgIpc) is 2.99. The lowest BCUT2D eigenvalue weighted by atomic mass is 10.2. The molecular weight excluding hydrogens is 425 g/mol. The quantitative estimate of drug-likeness (QED) is 0.518. The summed E-state index contributed by atoms with van der Waals surface area (Å²) in [6.45, 7) is 3.20. The fourth-order valence-corrected chi connectivity index (χ4v) is 4.28. The minimum absolute atomic E-state index is 0. The number of nitrogens with zero attached hydrogens (tertiary/aromatic N) is 3. The summed E-state index contributed by atoms with van der Waals surface area (Å²) in [4.78, 5) is 21.6. The van der Waals surface area contributed by atoms with E-state index in [1.807, 2.05) is 50.2 Å². The van der Waals surface area contributed by atoms with Gasteiger partial charge < -0.3 is 4.90 Å². The van der Waals surface area contributed by atoms with Crippen LogP contribution in [0, 0.1) is 6.92 Å². The van der Waals surface area contributed by atoms with Crippen molar-refractivity contribution in [1.82, 2.24) is 9.88 Å². The van der Waals surface area contributed by atoms with Crippen LogP contribution in [0.5, 0.6) is 0 Å². The smallest absolute Gasteiger partial charge is 0.261 e. The fraction of sp³-hybridized carbons (Fsp3) is 0.263. The van der Waals surface area contributed by atoms with Crippen molar-refractivity contribution in [3.05, 3.63) is 57.6 Å². The molecule has 0 aliphatic carbocycles. The maximum absolute atomic E-state index is 13.2. The molecule has 0 aliphatic heterocycles. The number of carbonyl (C=O) groups excluding carboxylic acids is 1. The summed E-state index contributed by atoms with van der Waals surface area (Å²) in [5.41, 5.74) is 2.34. The summed E-state index contributed by atoms with van der Waals surface area (Å²) in [5.74, 6) is -0.153. The third kappa shape index (κ3) is 4.92. The Morgan fingerprint density at radius 1 is 1.15 bits per heavy atom. The summed E-state index contributed by atoms with van der Waals surface area (Å²) >= 11 is 13.9. The first kappa shape index (κ1) is 21.9. The van der Waals surface area contributed by atoms with E-state index in [4.69, 9.17) is 28.2 Å². The molecule has 0 aliphatic rings. The van der Waals surface area contributed by atoms with E-state index >= 15 is 0 Å². The van der Waals surface area contributed by atoms with Gasteiger partial charge in [0.1, 0.15) is 0 Å². The third-order valence-corrected chi connectivity index (χ3v) is 5.56. The Kier molecular flexibility index (Phi) is 7.48. The predicted octanol–water partition coefficient (Wildman–Crippen LogP) is 5.54. The molecule has 1 amide bonds. The highest BCUT2D eigenvalue weighted by atomic mass is 35.5. The van der Waals surface area contributed by atoms with Crippen molar-refractivity contribution in [2.24, 2.45) is 0 Å². The number of aryl methyl sites for hydroxylation is 1. The second-order valence-electron chi connectivity index (χ2n) is 6.31. The van der Waals surface area contributed by atoms with Crippen molar-refractivity contribution in [3.63, 3.8) is 0 Å². The monoisotopic (exact) mass is 443 g/mol. The molecule has 0 saturated carbocycles. The third-order valence-electron chi connectivity index (χ3n) is 3.99. The molecule has 4 nitrogen and oxygen atoms in total. The average molecular weight is 445 g/mol. The molecule has 3 aromatic rings. The van der Waals surface area contributed by atoms with Gasteiger partial charge in [0.15, 0.2) is 5.13 Å². The molecule has 0 unspecified atom stereocenters. The Balaban J connectivity index is 0.00000261. The molecule has 0 bridgehead atoms. The van der Waals surface area contributed by atoms with Crippen LogP contribution in [0.25, 0.3) is 10.2 Å². The van der Waals surface area contributed by atoms with Gasteiger partial charge >= 0.3 is 0 Å². The van der Waals surface area contributed by atoms with Gasteiger partial charge in [-0.25, -0.2) is 4.98 Å². The molecule has 8 heteroatoms. The van der Waals surface area contributed by atoms with E-state index in [-0.39, 0.29) is 18.3 Å². The molecule has 0 N–H and O–H groups in total. The van der Waals surface area contributed by atoms with Crippen LogP contribution in [0.1, 0.15) is 15.9 Å². The van der Waals surface area contributed by atoms with Gasteiger partial charge in [0.25, 0.3) is 5.91 Å². The van der Waals surface area contributed by atoms with E-state index in [0.29, 0.717) is 33.8 Å². The normalized spacial score (nSPS) is 10.9. The van der Waals surface area contributed by atoms with Crippen molar-refractivity contribution in [1.29, 1.82) is 0 Å². The summed E-state index contributed by atoms with van der Waals surface area (Å²) < 4.78 is 0.965. The highest BCUT2D eigenvalue weighted by Crippen LogP contribution is 2.34. The van der Waals surface area contributed by atoms with Crippen LogP contribution < -0.4 is 4.90 Å². The number of hydrogen-bond donors (Lipinski definition) is 0. The molecule has 144 valence electrons. The maximum atomic E-state index is 13.2. The number of amides is 1. The first-order valence-corrected chi connectivity index (χ1v) is 9.72. The van der Waals surface area contributed by atoms with E-state index in [0.717, 1.165) is 15.8 Å². The molecular formula is C19H20Cl3N3OS. The number of benzene rings is 2. The molecule has 27 heavy (non-hydrogen) atoms. The Bertz CT molecular complexity index is 959. The molecule has 0 spiro atoms. The first-order chi connectivity index (χ1) is 12.4. The summed E-state index contributed by atoms with van der Waals surface area (Å²) in [5, 5.41) is 1.76. The zero-order chi connectivity index (χ0) is 18.8. The number of halogens is 3. The predicted molar refractivity (Wildman–Crippen MR) is 118 cm³/mol. The van der Waals surface area contributed by atoms with E-state index in [1.165, 1.54) is 11.3 Å². The van der Waals surface area contributed by atoms with Crippen LogP contribution in [0.3, 0.4) is 0 Å². The number of anilines is 1. The standard InChI is InChI=1S/C19H19Cl2N3OS.ClH/c1-12-10-13(20)11-16-17(12)22-19(26-16)24(9-8-23(2)3)18(25)14-6-4-5-7-15(14)21;/h4-7,10-11H,8-9H2,1-3H3;1H. The fourth-order valence-electron chi connectivity index (χ4n) is 2.62. The summed E-state index contributed by atoms with van der Waals surface area (Å²) in [7, 11) is 3.95. The number of fused-ring (bicyclic) bond motifs is 1. The molecule has 0 saturated heterocycles. The van der Waals surface area contributed by atoms with Crippen LogP contribution >= 0.6 is 46.9 Å². The summed E-state index contributed by atoms with van der Waals surface area (Å²) in [6.07, 6.45) is 0. The van der Waals surface area contributed by atoms with Crippen molar-refractivity contribution in [3.8, 4) is 0 Å². The number of carbonyl (C=O) groups is 1. The zero-order valence-corrected chi connectivity index (χ0v) is 18.3. The lowest BCUT2D eigenvalue weighted by molar-refractivity contribution is 0.0985. The molecule has 0 radical (unpaired) electrons. The Labute approximate surface area is 179 Å². The minimum atomic E-state index is -0.153. The first-order valence-electron chi connectivity index (χ1n) is 8.14. The SMILES string of the molecule is Cc1cc(Cl)cc2sc(N(CCN(C)C)C(=O)c3ccccc3Cl)nc12.Cl. The number of rotatable bonds is 5. The molecule has 1 heterocycles. The molecule has 0 fully saturated rings. The lowest BCUT2D eigenvalue weighted by Crippen LogP contribution is -2.36. The number of hydrogen-bond acceptors (Lipinski definition) is 4. The van der Waals surface area contributed by atoms with Crippen LogP contribution in [-0.4, -0.2) is 43.0 Å². The lowest BCUT2D eigenvalue weighted by Gasteiger charge is -2.22.